The fourth-order valence-electron chi connectivity index (χ4n) is 10.6. The van der Waals surface area contributed by atoms with Crippen LogP contribution in [-0.2, 0) is 86.1 Å². The molecule has 1 saturated heterocycles. The first-order valence-electron chi connectivity index (χ1n) is 33.0. The second-order valence-corrected chi connectivity index (χ2v) is 26.0. The van der Waals surface area contributed by atoms with Crippen LogP contribution in [0.3, 0.4) is 0 Å². The lowest BCUT2D eigenvalue weighted by molar-refractivity contribution is -0.161. The molecule has 0 aliphatic carbocycles. The zero-order valence-corrected chi connectivity index (χ0v) is 60.2. The third kappa shape index (κ3) is 27.4. The van der Waals surface area contributed by atoms with Crippen LogP contribution in [0.2, 0.25) is 0 Å². The van der Waals surface area contributed by atoms with Crippen molar-refractivity contribution >= 4 is 88.7 Å². The number of cyclic esters (lactones) is 1. The van der Waals surface area contributed by atoms with Gasteiger partial charge < -0.3 is 109 Å². The Kier molecular flexibility index (Phi) is 36.4. The van der Waals surface area contributed by atoms with Gasteiger partial charge in [-0.05, 0) is 88.3 Å². The minimum absolute atomic E-state index is 0.0100. The minimum atomic E-state index is -2.44. The number of aliphatic hydroxyl groups excluding tert-OH is 3. The van der Waals surface area contributed by atoms with E-state index < -0.39 is 224 Å². The van der Waals surface area contributed by atoms with Crippen LogP contribution < -0.4 is 65.1 Å². The number of allylic oxidation sites excluding steroid dienone is 2. The molecule has 570 valence electrons. The van der Waals surface area contributed by atoms with Gasteiger partial charge in [-0.25, -0.2) is 4.79 Å². The number of nitrogens with one attached hydrogen (secondary N) is 9. The van der Waals surface area contributed by atoms with Crippen LogP contribution in [-0.4, -0.2) is 239 Å². The zero-order valence-electron chi connectivity index (χ0n) is 60.2. The summed E-state index contributed by atoms with van der Waals surface area (Å²) in [6, 6.07) is -11.5. The number of hydrogen-bond acceptors (Lipinski definition) is 22. The van der Waals surface area contributed by atoms with Crippen LogP contribution in [0.5, 0.6) is 5.75 Å². The van der Waals surface area contributed by atoms with Gasteiger partial charge in [-0.3, -0.25) is 67.1 Å². The van der Waals surface area contributed by atoms with Crippen LogP contribution in [0.15, 0.2) is 48.2 Å². The number of primary amides is 3. The highest BCUT2D eigenvalue weighted by Gasteiger charge is 2.44. The maximum Gasteiger partial charge on any atom is 0.328 e. The van der Waals surface area contributed by atoms with E-state index in [1.807, 2.05) is 20.8 Å². The Morgan fingerprint density at radius 2 is 1.33 bits per heavy atom. The number of phenols is 1. The number of nitrogens with zero attached hydrogens (tertiary/aromatic N) is 2. The van der Waals surface area contributed by atoms with Gasteiger partial charge in [0, 0.05) is 40.7 Å². The summed E-state index contributed by atoms with van der Waals surface area (Å²) in [6.45, 7) is 14.8. The van der Waals surface area contributed by atoms with Gasteiger partial charge in [0.25, 0.3) is 5.91 Å². The molecule has 1 aromatic rings. The molecule has 19 N–H and O–H groups in total. The van der Waals surface area contributed by atoms with Crippen molar-refractivity contribution < 1.29 is 107 Å². The van der Waals surface area contributed by atoms with Gasteiger partial charge in [0.05, 0.1) is 31.8 Å². The molecule has 1 aliphatic rings. The second-order valence-electron chi connectivity index (χ2n) is 26.0. The van der Waals surface area contributed by atoms with Crippen molar-refractivity contribution in [2.75, 3.05) is 41.5 Å². The zero-order chi connectivity index (χ0) is 77.9. The summed E-state index contributed by atoms with van der Waals surface area (Å²) in [4.78, 5) is 210. The van der Waals surface area contributed by atoms with Crippen molar-refractivity contribution in [3.63, 3.8) is 0 Å². The van der Waals surface area contributed by atoms with Gasteiger partial charge in [0.1, 0.15) is 78.0 Å². The topological polar surface area (TPSA) is 557 Å². The van der Waals surface area contributed by atoms with E-state index in [1.54, 1.807) is 19.9 Å². The molecular weight excluding hydrogens is 1340 g/mol. The average molecular weight is 1450 g/mol. The van der Waals surface area contributed by atoms with Gasteiger partial charge >= 0.3 is 5.97 Å². The molecule has 0 spiro atoms. The highest BCUT2D eigenvalue weighted by Crippen LogP contribution is 2.27. The average Bonchev–Trinajstić information content (AvgIpc) is 0.812. The Morgan fingerprint density at radius 3 is 1.86 bits per heavy atom. The number of rotatable bonds is 31. The monoisotopic (exact) mass is 1440 g/mol. The van der Waals surface area contributed by atoms with E-state index in [0.29, 0.717) is 5.92 Å². The van der Waals surface area contributed by atoms with Crippen molar-refractivity contribution in [3.8, 4) is 5.75 Å². The Labute approximate surface area is 591 Å². The van der Waals surface area contributed by atoms with E-state index in [4.69, 9.17) is 31.4 Å². The maximum atomic E-state index is 15.0. The molecule has 102 heavy (non-hydrogen) atoms. The molecule has 14 amide bonds. The van der Waals surface area contributed by atoms with Gasteiger partial charge in [0.15, 0.2) is 6.10 Å². The molecule has 1 fully saturated rings. The number of aliphatic hydroxyl groups is 3. The lowest BCUT2D eigenvalue weighted by Gasteiger charge is -2.36. The standard InChI is InChI=1S/C66H104N14O22/c1-16-41(72-61(94)49(36(10)81)76-63(96)51(53(87)56(69)89)74-46(85)27-40(83)20-17-32(6)25-30(2)3)58(91)75-48(33(7)34(8)55(68)88)60(93)77-50-37(11)102-66(99)35(9)79(12)65(98)52(54(101-15)38-18-21-39(82)22-19-38)78-59(92)44(23-24-45(67)84)80(13)64(97)42(26-31(4)5)71-47(86)28-70-57(90)43(29-100-14)73-62(50)95/h16-22,30-37,40,42-44,48-54,81-83,87H,23-29H2,1-15H3,(H2,67,84)(H2,68,88)(H2,69,89)(H,70,90)(H,71,86)(H,72,94)(H,73,95)(H,74,85)(H,75,91)(H,76,96)(H,77,93)(H,78,92). The molecule has 1 aromatic carbocycles. The van der Waals surface area contributed by atoms with Crippen LogP contribution >= 0.6 is 0 Å². The largest absolute Gasteiger partial charge is 0.508 e. The normalized spacial score (nSPS) is 22.6. The predicted molar refractivity (Wildman–Crippen MR) is 363 cm³/mol. The number of amides is 14. The number of ether oxygens (including phenoxy) is 3. The smallest absolute Gasteiger partial charge is 0.328 e. The molecule has 0 radical (unpaired) electrons. The van der Waals surface area contributed by atoms with E-state index >= 15 is 4.79 Å². The van der Waals surface area contributed by atoms with Gasteiger partial charge in [-0.15, -0.1) is 0 Å². The molecule has 1 aliphatic heterocycles. The van der Waals surface area contributed by atoms with Gasteiger partial charge in [0.2, 0.25) is 76.8 Å². The van der Waals surface area contributed by atoms with Crippen LogP contribution in [0.25, 0.3) is 0 Å². The number of benzene rings is 1. The van der Waals surface area contributed by atoms with E-state index in [0.717, 1.165) is 50.3 Å². The third-order valence-electron chi connectivity index (χ3n) is 16.8. The molecule has 0 saturated carbocycles. The molecule has 17 atom stereocenters. The summed E-state index contributed by atoms with van der Waals surface area (Å²) in [5.74, 6) is -20.5. The number of esters is 1. The lowest BCUT2D eigenvalue weighted by Crippen LogP contribution is -2.63. The molecule has 17 unspecified atom stereocenters. The van der Waals surface area contributed by atoms with Crippen LogP contribution in [0, 0.1) is 29.6 Å². The van der Waals surface area contributed by atoms with Crippen molar-refractivity contribution in [3.05, 3.63) is 53.8 Å². The fraction of sp³-hybridized carbons (Fsp3) is 0.621. The van der Waals surface area contributed by atoms with Crippen LogP contribution in [0.1, 0.15) is 120 Å². The summed E-state index contributed by atoms with van der Waals surface area (Å²) in [5, 5.41) is 63.1. The number of phenolic OH excluding ortho intramolecular Hbond substituents is 1. The van der Waals surface area contributed by atoms with Crippen molar-refractivity contribution in [1.29, 1.82) is 0 Å². The van der Waals surface area contributed by atoms with Crippen molar-refractivity contribution in [2.45, 2.75) is 193 Å². The molecule has 36 nitrogen and oxygen atoms in total. The van der Waals surface area contributed by atoms with Crippen LogP contribution in [0.4, 0.5) is 0 Å². The number of aromatic hydroxyl groups is 1. The number of carbonyl (C=O) groups is 15. The summed E-state index contributed by atoms with van der Waals surface area (Å²) in [7, 11) is 4.63. The molecule has 36 heteroatoms. The van der Waals surface area contributed by atoms with E-state index in [9.17, 15) is 87.5 Å². The van der Waals surface area contributed by atoms with Crippen molar-refractivity contribution in [1.82, 2.24) is 57.7 Å². The third-order valence-corrected chi connectivity index (χ3v) is 16.8. The summed E-state index contributed by atoms with van der Waals surface area (Å²) in [5.41, 5.74) is 16.0. The molecular formula is C66H104N14O22. The molecule has 0 aromatic heterocycles. The molecule has 0 bridgehead atoms. The summed E-state index contributed by atoms with van der Waals surface area (Å²) < 4.78 is 16.8. The highest BCUT2D eigenvalue weighted by molar-refractivity contribution is 6.03. The number of methoxy groups -OCH3 is 2. The molecule has 1 heterocycles. The number of nitrogens with two attached hydrogens (primary N) is 3. The van der Waals surface area contributed by atoms with E-state index in [2.05, 4.69) is 47.9 Å². The van der Waals surface area contributed by atoms with Crippen molar-refractivity contribution in [2.24, 2.45) is 46.8 Å². The van der Waals surface area contributed by atoms with E-state index in [1.165, 1.54) is 72.2 Å². The Morgan fingerprint density at radius 1 is 0.716 bits per heavy atom. The number of hydrogen-bond donors (Lipinski definition) is 16. The number of carbonyl (C=O) groups excluding carboxylic acids is 15. The first-order chi connectivity index (χ1) is 47.5. The maximum absolute atomic E-state index is 15.0. The summed E-state index contributed by atoms with van der Waals surface area (Å²) in [6.07, 6.45) is -5.88. The lowest BCUT2D eigenvalue weighted by atomic mass is 9.87. The Balaban J connectivity index is 2.83. The van der Waals surface area contributed by atoms with Gasteiger partial charge in [-0.2, -0.15) is 0 Å². The van der Waals surface area contributed by atoms with Gasteiger partial charge in [-0.1, -0.05) is 78.8 Å². The minimum Gasteiger partial charge on any atom is -0.508 e. The quantitative estimate of drug-likeness (QED) is 0.0188. The van der Waals surface area contributed by atoms with E-state index in [-0.39, 0.29) is 29.6 Å². The Hall–Kier alpha value is -9.65. The molecule has 2 rings (SSSR count). The predicted octanol–water partition coefficient (Wildman–Crippen LogP) is -4.84. The first-order valence-corrected chi connectivity index (χ1v) is 33.0. The second kappa shape index (κ2) is 41.9. The first kappa shape index (κ1) is 88.4. The SMILES string of the molecule is CC=C(NC(=O)C(NC(=O)C(NC(=O)CC(O)C=CC(C)CC(C)C)C(O)C(N)=O)C(C)O)C(=O)NC(C(=O)NC1C(=O)NC(COC)C(=O)NCC(=O)NC(CC(C)C)C(=O)N(C)C(CCC(N)=O)C(=O)NC(C(OC)c2ccc(O)cc2)C(=O)N(C)C(C)C(=O)OC1C)C(C)C(C)C(N)=O. The number of likely N-dealkylation sites (N-methyl/N-ethyl adjacent to an activating group) is 2. The summed E-state index contributed by atoms with van der Waals surface area (Å²) >= 11 is 0. The highest BCUT2D eigenvalue weighted by atomic mass is 16.5. The fourth-order valence-corrected chi connectivity index (χ4v) is 10.6. The Bertz CT molecular complexity index is 3200.